The van der Waals surface area contributed by atoms with E-state index >= 15 is 0 Å². The molecule has 4 rings (SSSR count). The van der Waals surface area contributed by atoms with Gasteiger partial charge in [-0.15, -0.1) is 0 Å². The lowest BCUT2D eigenvalue weighted by Crippen LogP contribution is -2.31. The molecule has 0 aliphatic rings. The fourth-order valence-corrected chi connectivity index (χ4v) is 4.44. The molecule has 4 aromatic carbocycles. The molecule has 1 amide bonds. The molecule has 0 heterocycles. The molecule has 0 saturated carbocycles. The molecule has 0 spiro atoms. The summed E-state index contributed by atoms with van der Waals surface area (Å²) in [5.74, 6) is -0.367. The highest BCUT2D eigenvalue weighted by molar-refractivity contribution is 7.92. The van der Waals surface area contributed by atoms with E-state index in [1.807, 2.05) is 72.8 Å². The Morgan fingerprint density at radius 2 is 1.45 bits per heavy atom. The molecule has 0 fully saturated rings. The van der Waals surface area contributed by atoms with E-state index in [1.165, 1.54) is 4.31 Å². The van der Waals surface area contributed by atoms with Crippen LogP contribution in [-0.2, 0) is 16.6 Å². The largest absolute Gasteiger partial charge is 0.321 e. The van der Waals surface area contributed by atoms with Crippen molar-refractivity contribution in [3.8, 4) is 0 Å². The number of para-hydroxylation sites is 1. The van der Waals surface area contributed by atoms with E-state index in [9.17, 15) is 13.2 Å². The van der Waals surface area contributed by atoms with Crippen LogP contribution in [0.5, 0.6) is 0 Å². The van der Waals surface area contributed by atoms with E-state index in [1.54, 1.807) is 24.3 Å². The Morgan fingerprint density at radius 1 is 0.806 bits per heavy atom. The summed E-state index contributed by atoms with van der Waals surface area (Å²) < 4.78 is 26.5. The molecular formula is C25H22N2O3S. The van der Waals surface area contributed by atoms with Gasteiger partial charge in [-0.2, -0.15) is 0 Å². The number of benzene rings is 4. The zero-order valence-electron chi connectivity index (χ0n) is 17.0. The Kier molecular flexibility index (Phi) is 5.73. The van der Waals surface area contributed by atoms with Gasteiger partial charge >= 0.3 is 0 Å². The number of hydrogen-bond acceptors (Lipinski definition) is 3. The molecule has 0 atom stereocenters. The molecule has 31 heavy (non-hydrogen) atoms. The second-order valence-electron chi connectivity index (χ2n) is 7.25. The summed E-state index contributed by atoms with van der Waals surface area (Å²) in [6.45, 7) is 0.137. The van der Waals surface area contributed by atoms with Crippen molar-refractivity contribution in [2.24, 2.45) is 0 Å². The topological polar surface area (TPSA) is 66.5 Å². The maximum absolute atomic E-state index is 13.2. The predicted octanol–water partition coefficient (Wildman–Crippen LogP) is 5.06. The van der Waals surface area contributed by atoms with Gasteiger partial charge in [-0.1, -0.05) is 78.9 Å². The molecule has 0 unspecified atom stereocenters. The molecule has 0 aliphatic heterocycles. The zero-order chi connectivity index (χ0) is 21.8. The summed E-state index contributed by atoms with van der Waals surface area (Å²) in [6.07, 6.45) is 1.15. The highest BCUT2D eigenvalue weighted by Gasteiger charge is 2.23. The number of nitrogens with zero attached hydrogens (tertiary/aromatic N) is 1. The number of rotatable bonds is 6. The van der Waals surface area contributed by atoms with E-state index in [2.05, 4.69) is 5.32 Å². The van der Waals surface area contributed by atoms with Gasteiger partial charge in [0.05, 0.1) is 24.1 Å². The first-order chi connectivity index (χ1) is 14.9. The smallest absolute Gasteiger partial charge is 0.257 e. The fourth-order valence-electron chi connectivity index (χ4n) is 3.54. The van der Waals surface area contributed by atoms with Crippen LogP contribution in [0.25, 0.3) is 10.8 Å². The molecule has 0 saturated heterocycles. The van der Waals surface area contributed by atoms with Crippen LogP contribution < -0.4 is 9.62 Å². The third-order valence-electron chi connectivity index (χ3n) is 5.02. The van der Waals surface area contributed by atoms with Crippen molar-refractivity contribution in [1.29, 1.82) is 0 Å². The van der Waals surface area contributed by atoms with Crippen LogP contribution in [-0.4, -0.2) is 20.6 Å². The molecule has 156 valence electrons. The Morgan fingerprint density at radius 3 is 2.23 bits per heavy atom. The van der Waals surface area contributed by atoms with Gasteiger partial charge in [-0.25, -0.2) is 8.42 Å². The van der Waals surface area contributed by atoms with Gasteiger partial charge in [0.1, 0.15) is 0 Å². The van der Waals surface area contributed by atoms with Crippen molar-refractivity contribution in [1.82, 2.24) is 0 Å². The second-order valence-corrected chi connectivity index (χ2v) is 9.16. The lowest BCUT2D eigenvalue weighted by molar-refractivity contribution is 0.102. The summed E-state index contributed by atoms with van der Waals surface area (Å²) >= 11 is 0. The highest BCUT2D eigenvalue weighted by atomic mass is 32.2. The third kappa shape index (κ3) is 4.59. The minimum atomic E-state index is -3.63. The van der Waals surface area contributed by atoms with Gasteiger partial charge < -0.3 is 5.32 Å². The standard InChI is InChI=1S/C25H22N2O3S/c1-31(29,30)27(18-19-10-3-2-4-11-19)24-17-8-7-15-22(24)25(28)26-23-16-9-13-20-12-5-6-14-21(20)23/h2-17H,18H2,1H3,(H,26,28). The van der Waals surface area contributed by atoms with Crippen molar-refractivity contribution in [3.63, 3.8) is 0 Å². The number of carbonyl (C=O) groups is 1. The monoisotopic (exact) mass is 430 g/mol. The second kappa shape index (κ2) is 8.62. The normalized spacial score (nSPS) is 11.3. The number of nitrogens with one attached hydrogen (secondary N) is 1. The molecule has 4 aromatic rings. The SMILES string of the molecule is CS(=O)(=O)N(Cc1ccccc1)c1ccccc1C(=O)Nc1cccc2ccccc12. The Hall–Kier alpha value is -3.64. The van der Waals surface area contributed by atoms with Gasteiger partial charge in [0.25, 0.3) is 5.91 Å². The van der Waals surface area contributed by atoms with Gasteiger partial charge in [0.15, 0.2) is 0 Å². The number of fused-ring (bicyclic) bond motifs is 1. The predicted molar refractivity (Wildman–Crippen MR) is 126 cm³/mol. The van der Waals surface area contributed by atoms with Crippen molar-refractivity contribution < 1.29 is 13.2 Å². The Bertz CT molecular complexity index is 1330. The minimum absolute atomic E-state index is 0.137. The quantitative estimate of drug-likeness (QED) is 0.465. The Balaban J connectivity index is 1.72. The minimum Gasteiger partial charge on any atom is -0.321 e. The molecule has 0 aromatic heterocycles. The molecule has 0 aliphatic carbocycles. The highest BCUT2D eigenvalue weighted by Crippen LogP contribution is 2.28. The summed E-state index contributed by atoms with van der Waals surface area (Å²) in [4.78, 5) is 13.2. The number of hydrogen-bond donors (Lipinski definition) is 1. The van der Waals surface area contributed by atoms with Crippen LogP contribution >= 0.6 is 0 Å². The molecule has 6 heteroatoms. The van der Waals surface area contributed by atoms with Crippen molar-refractivity contribution in [2.75, 3.05) is 15.9 Å². The molecule has 1 N–H and O–H groups in total. The Labute approximate surface area is 182 Å². The maximum atomic E-state index is 13.2. The number of carbonyl (C=O) groups excluding carboxylic acids is 1. The number of amides is 1. The van der Waals surface area contributed by atoms with Crippen LogP contribution in [0.4, 0.5) is 11.4 Å². The van der Waals surface area contributed by atoms with E-state index in [4.69, 9.17) is 0 Å². The number of sulfonamides is 1. The first kappa shape index (κ1) is 20.6. The van der Waals surface area contributed by atoms with Crippen LogP contribution in [0, 0.1) is 0 Å². The lowest BCUT2D eigenvalue weighted by Gasteiger charge is -2.25. The van der Waals surface area contributed by atoms with Crippen molar-refractivity contribution in [2.45, 2.75) is 6.54 Å². The summed E-state index contributed by atoms with van der Waals surface area (Å²) in [7, 11) is -3.63. The summed E-state index contributed by atoms with van der Waals surface area (Å²) in [6, 6.07) is 29.5. The summed E-state index contributed by atoms with van der Waals surface area (Å²) in [5.41, 5.74) is 2.13. The molecule has 5 nitrogen and oxygen atoms in total. The number of anilines is 2. The fraction of sp³-hybridized carbons (Fsp3) is 0.0800. The average molecular weight is 431 g/mol. The maximum Gasteiger partial charge on any atom is 0.257 e. The van der Waals surface area contributed by atoms with E-state index in [0.29, 0.717) is 11.4 Å². The molecule has 0 bridgehead atoms. The lowest BCUT2D eigenvalue weighted by atomic mass is 10.1. The molecule has 0 radical (unpaired) electrons. The molecular weight excluding hydrogens is 408 g/mol. The van der Waals surface area contributed by atoms with Gasteiger partial charge in [-0.05, 0) is 29.1 Å². The zero-order valence-corrected chi connectivity index (χ0v) is 17.8. The van der Waals surface area contributed by atoms with E-state index in [0.717, 1.165) is 22.6 Å². The van der Waals surface area contributed by atoms with Gasteiger partial charge in [0.2, 0.25) is 10.0 Å². The van der Waals surface area contributed by atoms with E-state index < -0.39 is 10.0 Å². The first-order valence-electron chi connectivity index (χ1n) is 9.83. The van der Waals surface area contributed by atoms with Crippen molar-refractivity contribution >= 4 is 38.1 Å². The average Bonchev–Trinajstić information content (AvgIpc) is 2.78. The van der Waals surface area contributed by atoms with Crippen LogP contribution in [0.15, 0.2) is 97.1 Å². The van der Waals surface area contributed by atoms with E-state index in [-0.39, 0.29) is 18.0 Å². The first-order valence-corrected chi connectivity index (χ1v) is 11.7. The van der Waals surface area contributed by atoms with Gasteiger partial charge in [-0.3, -0.25) is 9.10 Å². The van der Waals surface area contributed by atoms with Crippen molar-refractivity contribution in [3.05, 3.63) is 108 Å². The van der Waals surface area contributed by atoms with Crippen LogP contribution in [0.2, 0.25) is 0 Å². The summed E-state index contributed by atoms with van der Waals surface area (Å²) in [5, 5.41) is 4.88. The van der Waals surface area contributed by atoms with Crippen LogP contribution in [0.3, 0.4) is 0 Å². The third-order valence-corrected chi connectivity index (χ3v) is 6.15. The van der Waals surface area contributed by atoms with Crippen LogP contribution in [0.1, 0.15) is 15.9 Å². The van der Waals surface area contributed by atoms with Gasteiger partial charge in [0, 0.05) is 11.1 Å².